The molecule has 0 spiro atoms. The summed E-state index contributed by atoms with van der Waals surface area (Å²) in [5, 5.41) is 20.9. The van der Waals surface area contributed by atoms with Gasteiger partial charge in [0.2, 0.25) is 0 Å². The van der Waals surface area contributed by atoms with Gasteiger partial charge in [-0.05, 0) is 54.4 Å². The van der Waals surface area contributed by atoms with Crippen molar-refractivity contribution in [3.8, 4) is 11.8 Å². The van der Waals surface area contributed by atoms with Gasteiger partial charge in [0.05, 0.1) is 40.9 Å². The summed E-state index contributed by atoms with van der Waals surface area (Å²) >= 11 is 12.4. The van der Waals surface area contributed by atoms with E-state index in [2.05, 4.69) is 0 Å². The quantitative estimate of drug-likeness (QED) is 0.282. The summed E-state index contributed by atoms with van der Waals surface area (Å²) in [7, 11) is 1.38. The van der Waals surface area contributed by atoms with Crippen molar-refractivity contribution in [1.82, 2.24) is 0 Å². The summed E-state index contributed by atoms with van der Waals surface area (Å²) in [6.45, 7) is 1.85. The van der Waals surface area contributed by atoms with Crippen molar-refractivity contribution >= 4 is 46.3 Å². The van der Waals surface area contributed by atoms with Crippen LogP contribution in [0.25, 0.3) is 5.76 Å². The number of anilines is 1. The fourth-order valence-electron chi connectivity index (χ4n) is 4.07. The molecule has 1 amide bonds. The lowest BCUT2D eigenvalue weighted by Gasteiger charge is -2.26. The van der Waals surface area contributed by atoms with Gasteiger partial charge in [0.15, 0.2) is 0 Å². The SMILES string of the molecule is COc1c(Cl)cc(Cl)cc1/C(O)=C1\C(=O)C(=O)N(c2ccc(C#N)cc2)C1c1ccccc1C. The molecule has 3 aromatic rings. The third-order valence-corrected chi connectivity index (χ3v) is 6.17. The van der Waals surface area contributed by atoms with Gasteiger partial charge >= 0.3 is 0 Å². The van der Waals surface area contributed by atoms with Crippen LogP contribution in [0.3, 0.4) is 0 Å². The van der Waals surface area contributed by atoms with Crippen molar-refractivity contribution in [2.24, 2.45) is 0 Å². The molecule has 0 radical (unpaired) electrons. The first kappa shape index (κ1) is 23.4. The fraction of sp³-hybridized carbons (Fsp3) is 0.115. The number of carbonyl (C=O) groups excluding carboxylic acids is 2. The Kier molecular flexibility index (Phi) is 6.34. The molecule has 170 valence electrons. The second kappa shape index (κ2) is 9.22. The van der Waals surface area contributed by atoms with Gasteiger partial charge in [0.1, 0.15) is 11.5 Å². The van der Waals surface area contributed by atoms with Gasteiger partial charge in [-0.1, -0.05) is 47.5 Å². The lowest BCUT2D eigenvalue weighted by atomic mass is 9.92. The van der Waals surface area contributed by atoms with E-state index in [4.69, 9.17) is 33.2 Å². The van der Waals surface area contributed by atoms with Crippen LogP contribution in [0.15, 0.2) is 66.2 Å². The number of aliphatic hydroxyl groups excluding tert-OH is 1. The number of ketones is 1. The number of hydrogen-bond donors (Lipinski definition) is 1. The van der Waals surface area contributed by atoms with E-state index in [1.165, 1.54) is 24.1 Å². The van der Waals surface area contributed by atoms with Crippen molar-refractivity contribution < 1.29 is 19.4 Å². The van der Waals surface area contributed by atoms with Gasteiger partial charge in [0.25, 0.3) is 11.7 Å². The van der Waals surface area contributed by atoms with Crippen LogP contribution in [0.4, 0.5) is 5.69 Å². The molecule has 4 rings (SSSR count). The van der Waals surface area contributed by atoms with Crippen molar-refractivity contribution in [3.05, 3.63) is 98.5 Å². The molecule has 1 saturated heterocycles. The molecule has 0 bridgehead atoms. The Balaban J connectivity index is 2.02. The summed E-state index contributed by atoms with van der Waals surface area (Å²) in [6.07, 6.45) is 0. The Hall–Kier alpha value is -3.79. The Morgan fingerprint density at radius 1 is 1.09 bits per heavy atom. The Morgan fingerprint density at radius 2 is 1.76 bits per heavy atom. The second-order valence-electron chi connectivity index (χ2n) is 7.65. The van der Waals surface area contributed by atoms with Crippen LogP contribution < -0.4 is 9.64 Å². The molecule has 1 heterocycles. The number of methoxy groups -OCH3 is 1. The van der Waals surface area contributed by atoms with E-state index in [1.54, 1.807) is 36.4 Å². The van der Waals surface area contributed by atoms with E-state index in [0.29, 0.717) is 16.8 Å². The number of carbonyl (C=O) groups is 2. The molecule has 1 N–H and O–H groups in total. The number of rotatable bonds is 4. The largest absolute Gasteiger partial charge is 0.507 e. The molecule has 1 unspecified atom stereocenters. The molecule has 6 nitrogen and oxygen atoms in total. The van der Waals surface area contributed by atoms with Gasteiger partial charge < -0.3 is 9.84 Å². The Morgan fingerprint density at radius 3 is 2.38 bits per heavy atom. The van der Waals surface area contributed by atoms with E-state index < -0.39 is 23.5 Å². The zero-order valence-corrected chi connectivity index (χ0v) is 19.7. The maximum absolute atomic E-state index is 13.3. The molecule has 0 saturated carbocycles. The van der Waals surface area contributed by atoms with Crippen LogP contribution in [0.5, 0.6) is 5.75 Å². The van der Waals surface area contributed by atoms with Crippen molar-refractivity contribution in [1.29, 1.82) is 5.26 Å². The highest BCUT2D eigenvalue weighted by Gasteiger charge is 2.47. The number of halogens is 2. The Bertz CT molecular complexity index is 1390. The molecule has 8 heteroatoms. The standard InChI is InChI=1S/C26H18Cl2N2O4/c1-14-5-3-4-6-18(14)22-21(23(31)19-11-16(27)12-20(28)25(19)34-2)24(32)26(33)30(22)17-9-7-15(13-29)8-10-17/h3-12,22,31H,1-2H3/b23-21+. The van der Waals surface area contributed by atoms with E-state index in [-0.39, 0.29) is 26.9 Å². The van der Waals surface area contributed by atoms with Crippen LogP contribution in [0.2, 0.25) is 10.0 Å². The van der Waals surface area contributed by atoms with Crippen LogP contribution in [0.1, 0.15) is 28.3 Å². The number of hydrogen-bond acceptors (Lipinski definition) is 5. The first-order valence-corrected chi connectivity index (χ1v) is 10.9. The van der Waals surface area contributed by atoms with Crippen LogP contribution in [-0.4, -0.2) is 23.9 Å². The van der Waals surface area contributed by atoms with E-state index >= 15 is 0 Å². The van der Waals surface area contributed by atoms with Crippen molar-refractivity contribution in [2.45, 2.75) is 13.0 Å². The van der Waals surface area contributed by atoms with Crippen LogP contribution in [-0.2, 0) is 9.59 Å². The third-order valence-electron chi connectivity index (χ3n) is 5.67. The molecular formula is C26H18Cl2N2O4. The number of amides is 1. The summed E-state index contributed by atoms with van der Waals surface area (Å²) in [5.41, 5.74) is 2.25. The lowest BCUT2D eigenvalue weighted by Crippen LogP contribution is -2.29. The second-order valence-corrected chi connectivity index (χ2v) is 8.50. The highest BCUT2D eigenvalue weighted by Crippen LogP contribution is 2.45. The van der Waals surface area contributed by atoms with Gasteiger partial charge in [-0.25, -0.2) is 0 Å². The zero-order chi connectivity index (χ0) is 24.6. The van der Waals surface area contributed by atoms with Crippen molar-refractivity contribution in [2.75, 3.05) is 12.0 Å². The molecule has 0 aliphatic carbocycles. The van der Waals surface area contributed by atoms with Gasteiger partial charge in [-0.2, -0.15) is 5.26 Å². The fourth-order valence-corrected chi connectivity index (χ4v) is 4.64. The lowest BCUT2D eigenvalue weighted by molar-refractivity contribution is -0.132. The number of benzene rings is 3. The number of Topliss-reactive ketones (excluding diaryl/α,β-unsaturated/α-hetero) is 1. The molecule has 3 aromatic carbocycles. The van der Waals surface area contributed by atoms with E-state index in [1.807, 2.05) is 25.1 Å². The summed E-state index contributed by atoms with van der Waals surface area (Å²) < 4.78 is 5.35. The molecule has 0 aromatic heterocycles. The molecule has 1 aliphatic rings. The normalized spacial score (nSPS) is 17.0. The van der Waals surface area contributed by atoms with Crippen molar-refractivity contribution in [3.63, 3.8) is 0 Å². The van der Waals surface area contributed by atoms with Crippen LogP contribution in [0, 0.1) is 18.3 Å². The molecule has 1 fully saturated rings. The summed E-state index contributed by atoms with van der Waals surface area (Å²) in [6, 6.07) is 17.5. The van der Waals surface area contributed by atoms with Gasteiger partial charge in [-0.3, -0.25) is 14.5 Å². The first-order chi connectivity index (χ1) is 16.3. The maximum Gasteiger partial charge on any atom is 0.300 e. The maximum atomic E-state index is 13.3. The average Bonchev–Trinajstić information content (AvgIpc) is 3.08. The first-order valence-electron chi connectivity index (χ1n) is 10.2. The van der Waals surface area contributed by atoms with E-state index in [9.17, 15) is 14.7 Å². The highest BCUT2D eigenvalue weighted by atomic mass is 35.5. The van der Waals surface area contributed by atoms with Gasteiger partial charge in [-0.15, -0.1) is 0 Å². The monoisotopic (exact) mass is 492 g/mol. The third kappa shape index (κ3) is 3.90. The topological polar surface area (TPSA) is 90.6 Å². The number of aryl methyl sites for hydroxylation is 1. The van der Waals surface area contributed by atoms with Gasteiger partial charge in [0, 0.05) is 10.7 Å². The predicted molar refractivity (Wildman–Crippen MR) is 130 cm³/mol. The number of nitrogens with zero attached hydrogens (tertiary/aromatic N) is 2. The molecular weight excluding hydrogens is 475 g/mol. The zero-order valence-electron chi connectivity index (χ0n) is 18.2. The minimum atomic E-state index is -0.934. The molecule has 34 heavy (non-hydrogen) atoms. The number of nitriles is 1. The summed E-state index contributed by atoms with van der Waals surface area (Å²) in [5.74, 6) is -2.01. The highest BCUT2D eigenvalue weighted by molar-refractivity contribution is 6.52. The number of ether oxygens (including phenoxy) is 1. The molecule has 1 aliphatic heterocycles. The minimum Gasteiger partial charge on any atom is -0.507 e. The smallest absolute Gasteiger partial charge is 0.300 e. The Labute approximate surface area is 206 Å². The number of aliphatic hydroxyl groups is 1. The average molecular weight is 493 g/mol. The van der Waals surface area contributed by atoms with Crippen LogP contribution >= 0.6 is 23.2 Å². The van der Waals surface area contributed by atoms with E-state index in [0.717, 1.165) is 5.56 Å². The predicted octanol–water partition coefficient (Wildman–Crippen LogP) is 5.81. The molecule has 1 atom stereocenters. The summed E-state index contributed by atoms with van der Waals surface area (Å²) in [4.78, 5) is 27.9. The minimum absolute atomic E-state index is 0.0939.